The Hall–Kier alpha value is -3.46. The third kappa shape index (κ3) is 5.14. The van der Waals surface area contributed by atoms with Crippen molar-refractivity contribution in [2.24, 2.45) is 0 Å². The van der Waals surface area contributed by atoms with E-state index in [-0.39, 0.29) is 0 Å². The molecule has 0 aliphatic carbocycles. The summed E-state index contributed by atoms with van der Waals surface area (Å²) in [4.78, 5) is 11.7. The third-order valence-corrected chi connectivity index (χ3v) is 6.08. The SMILES string of the molecule is Cc1cc(SCc2cccc3c2cnn3-c2ccc(C(F)(F)F)cc2)ccc1OCC(=O)O. The van der Waals surface area contributed by atoms with E-state index in [0.717, 1.165) is 39.1 Å². The van der Waals surface area contributed by atoms with Gasteiger partial charge in [-0.05, 0) is 66.6 Å². The first kappa shape index (κ1) is 22.7. The molecular formula is C24H19F3N2O3S. The lowest BCUT2D eigenvalue weighted by Crippen LogP contribution is -2.09. The fourth-order valence-corrected chi connectivity index (χ4v) is 4.41. The summed E-state index contributed by atoms with van der Waals surface area (Å²) in [6.45, 7) is 1.47. The number of fused-ring (bicyclic) bond motifs is 1. The number of hydrogen-bond donors (Lipinski definition) is 1. The molecule has 0 fully saturated rings. The minimum absolute atomic E-state index is 0.391. The lowest BCUT2D eigenvalue weighted by atomic mass is 10.1. The second kappa shape index (κ2) is 9.19. The van der Waals surface area contributed by atoms with E-state index >= 15 is 0 Å². The van der Waals surface area contributed by atoms with Gasteiger partial charge in [-0.25, -0.2) is 9.48 Å². The number of ether oxygens (including phenoxy) is 1. The molecular weight excluding hydrogens is 453 g/mol. The van der Waals surface area contributed by atoms with Crippen LogP contribution in [0.2, 0.25) is 0 Å². The van der Waals surface area contributed by atoms with Gasteiger partial charge in [-0.15, -0.1) is 11.8 Å². The summed E-state index contributed by atoms with van der Waals surface area (Å²) in [6.07, 6.45) is -2.66. The van der Waals surface area contributed by atoms with Crippen LogP contribution in [0, 0.1) is 6.92 Å². The first-order chi connectivity index (χ1) is 15.7. The Morgan fingerprint density at radius 1 is 1.12 bits per heavy atom. The van der Waals surface area contributed by atoms with Gasteiger partial charge < -0.3 is 9.84 Å². The molecule has 5 nitrogen and oxygen atoms in total. The Kier molecular flexibility index (Phi) is 6.33. The minimum Gasteiger partial charge on any atom is -0.482 e. The predicted molar refractivity (Wildman–Crippen MR) is 120 cm³/mol. The summed E-state index contributed by atoms with van der Waals surface area (Å²) >= 11 is 1.61. The molecule has 33 heavy (non-hydrogen) atoms. The van der Waals surface area contributed by atoms with Crippen molar-refractivity contribution in [1.29, 1.82) is 0 Å². The number of halogens is 3. The zero-order chi connectivity index (χ0) is 23.6. The molecule has 1 aromatic heterocycles. The summed E-state index contributed by atoms with van der Waals surface area (Å²) in [5, 5.41) is 14.1. The molecule has 4 rings (SSSR count). The fourth-order valence-electron chi connectivity index (χ4n) is 3.41. The summed E-state index contributed by atoms with van der Waals surface area (Å²) in [6, 6.07) is 16.3. The number of carboxylic acids is 1. The van der Waals surface area contributed by atoms with E-state index < -0.39 is 24.3 Å². The van der Waals surface area contributed by atoms with Crippen molar-refractivity contribution in [1.82, 2.24) is 9.78 Å². The predicted octanol–water partition coefficient (Wildman–Crippen LogP) is 6.11. The molecule has 0 aliphatic rings. The van der Waals surface area contributed by atoms with Gasteiger partial charge >= 0.3 is 12.1 Å². The molecule has 4 aromatic rings. The molecule has 1 heterocycles. The molecule has 3 aromatic carbocycles. The largest absolute Gasteiger partial charge is 0.482 e. The van der Waals surface area contributed by atoms with Gasteiger partial charge in [0.2, 0.25) is 0 Å². The van der Waals surface area contributed by atoms with Crippen LogP contribution in [-0.4, -0.2) is 27.5 Å². The Labute approximate surface area is 191 Å². The number of aliphatic carboxylic acids is 1. The zero-order valence-corrected chi connectivity index (χ0v) is 18.3. The fraction of sp³-hybridized carbons (Fsp3) is 0.167. The molecule has 9 heteroatoms. The van der Waals surface area contributed by atoms with Gasteiger partial charge in [0.15, 0.2) is 6.61 Å². The number of carboxylic acid groups (broad SMARTS) is 1. The van der Waals surface area contributed by atoms with E-state index in [2.05, 4.69) is 5.10 Å². The van der Waals surface area contributed by atoms with Gasteiger partial charge in [-0.2, -0.15) is 18.3 Å². The van der Waals surface area contributed by atoms with Crippen LogP contribution in [0.4, 0.5) is 13.2 Å². The monoisotopic (exact) mass is 472 g/mol. The minimum atomic E-state index is -4.38. The average Bonchev–Trinajstić information content (AvgIpc) is 3.21. The van der Waals surface area contributed by atoms with E-state index in [0.29, 0.717) is 17.2 Å². The first-order valence-corrected chi connectivity index (χ1v) is 10.9. The molecule has 0 spiro atoms. The molecule has 0 saturated heterocycles. The first-order valence-electron chi connectivity index (χ1n) is 9.93. The van der Waals surface area contributed by atoms with Crippen LogP contribution in [0.15, 0.2) is 71.8 Å². The average molecular weight is 472 g/mol. The van der Waals surface area contributed by atoms with Crippen LogP contribution >= 0.6 is 11.8 Å². The van der Waals surface area contributed by atoms with Crippen molar-refractivity contribution in [3.8, 4) is 11.4 Å². The highest BCUT2D eigenvalue weighted by atomic mass is 32.2. The molecule has 0 unspecified atom stereocenters. The Morgan fingerprint density at radius 3 is 2.55 bits per heavy atom. The quantitative estimate of drug-likeness (QED) is 0.329. The second-order valence-corrected chi connectivity index (χ2v) is 8.40. The normalized spacial score (nSPS) is 11.6. The Morgan fingerprint density at radius 2 is 1.88 bits per heavy atom. The molecule has 0 aliphatic heterocycles. The molecule has 0 amide bonds. The van der Waals surface area contributed by atoms with E-state index in [1.165, 1.54) is 12.1 Å². The van der Waals surface area contributed by atoms with Crippen LogP contribution in [-0.2, 0) is 16.7 Å². The number of carbonyl (C=O) groups is 1. The molecule has 0 saturated carbocycles. The number of thioether (sulfide) groups is 1. The van der Waals surface area contributed by atoms with Crippen LogP contribution in [0.3, 0.4) is 0 Å². The van der Waals surface area contributed by atoms with Gasteiger partial charge in [0.05, 0.1) is 23.0 Å². The number of alkyl halides is 3. The number of aryl methyl sites for hydroxylation is 1. The number of hydrogen-bond acceptors (Lipinski definition) is 4. The van der Waals surface area contributed by atoms with Gasteiger partial charge in [0, 0.05) is 16.0 Å². The smallest absolute Gasteiger partial charge is 0.416 e. The zero-order valence-electron chi connectivity index (χ0n) is 17.5. The maximum absolute atomic E-state index is 12.9. The maximum Gasteiger partial charge on any atom is 0.416 e. The lowest BCUT2D eigenvalue weighted by Gasteiger charge is -2.10. The van der Waals surface area contributed by atoms with Crippen molar-refractivity contribution < 1.29 is 27.8 Å². The maximum atomic E-state index is 12.9. The summed E-state index contributed by atoms with van der Waals surface area (Å²) < 4.78 is 45.5. The van der Waals surface area contributed by atoms with Crippen molar-refractivity contribution in [2.75, 3.05) is 6.61 Å². The van der Waals surface area contributed by atoms with Crippen molar-refractivity contribution >= 4 is 28.6 Å². The van der Waals surface area contributed by atoms with Crippen molar-refractivity contribution in [3.05, 3.63) is 83.6 Å². The highest BCUT2D eigenvalue weighted by molar-refractivity contribution is 7.98. The third-order valence-electron chi connectivity index (χ3n) is 5.03. The van der Waals surface area contributed by atoms with Crippen LogP contribution in [0.5, 0.6) is 5.75 Å². The number of aromatic nitrogens is 2. The van der Waals surface area contributed by atoms with E-state index in [9.17, 15) is 18.0 Å². The molecule has 0 radical (unpaired) electrons. The molecule has 0 atom stereocenters. The Balaban J connectivity index is 1.53. The van der Waals surface area contributed by atoms with Crippen molar-refractivity contribution in [2.45, 2.75) is 23.7 Å². The van der Waals surface area contributed by atoms with Crippen LogP contribution < -0.4 is 4.74 Å². The highest BCUT2D eigenvalue weighted by Gasteiger charge is 2.30. The van der Waals surface area contributed by atoms with E-state index in [1.54, 1.807) is 28.7 Å². The lowest BCUT2D eigenvalue weighted by molar-refractivity contribution is -0.139. The molecule has 1 N–H and O–H groups in total. The van der Waals surface area contributed by atoms with Gasteiger partial charge in [-0.3, -0.25) is 0 Å². The summed E-state index contributed by atoms with van der Waals surface area (Å²) in [5.41, 5.74) is 2.54. The van der Waals surface area contributed by atoms with E-state index in [4.69, 9.17) is 9.84 Å². The number of rotatable bonds is 7. The van der Waals surface area contributed by atoms with Gasteiger partial charge in [0.25, 0.3) is 0 Å². The van der Waals surface area contributed by atoms with Crippen LogP contribution in [0.1, 0.15) is 16.7 Å². The van der Waals surface area contributed by atoms with E-state index in [1.807, 2.05) is 37.3 Å². The topological polar surface area (TPSA) is 64.4 Å². The summed E-state index contributed by atoms with van der Waals surface area (Å²) in [7, 11) is 0. The Bertz CT molecular complexity index is 1300. The highest BCUT2D eigenvalue weighted by Crippen LogP contribution is 2.32. The molecule has 170 valence electrons. The standard InChI is InChI=1S/C24H19F3N2O3S/c1-15-11-19(9-10-22(15)32-13-23(30)31)33-14-16-3-2-4-21-20(16)12-28-29(21)18-7-5-17(6-8-18)24(25,26)27/h2-12H,13-14H2,1H3,(H,30,31). The summed E-state index contributed by atoms with van der Waals surface area (Å²) in [5.74, 6) is 0.157. The van der Waals surface area contributed by atoms with Gasteiger partial charge in [0.1, 0.15) is 5.75 Å². The van der Waals surface area contributed by atoms with Crippen molar-refractivity contribution in [3.63, 3.8) is 0 Å². The number of benzene rings is 3. The number of nitrogens with zero attached hydrogens (tertiary/aromatic N) is 2. The second-order valence-electron chi connectivity index (χ2n) is 7.35. The van der Waals surface area contributed by atoms with Crippen LogP contribution in [0.25, 0.3) is 16.6 Å². The molecule has 0 bridgehead atoms. The van der Waals surface area contributed by atoms with Gasteiger partial charge in [-0.1, -0.05) is 12.1 Å².